The Labute approximate surface area is 139 Å². The summed E-state index contributed by atoms with van der Waals surface area (Å²) in [6.45, 7) is 5.78. The number of aryl methyl sites for hydroxylation is 3. The Kier molecular flexibility index (Phi) is 4.24. The maximum absolute atomic E-state index is 12.1. The fourth-order valence-corrected chi connectivity index (χ4v) is 2.12. The highest BCUT2D eigenvalue weighted by Gasteiger charge is 2.11. The second-order valence-electron chi connectivity index (χ2n) is 5.51. The molecule has 1 aromatic carbocycles. The van der Waals surface area contributed by atoms with Crippen molar-refractivity contribution in [2.75, 3.05) is 10.6 Å². The molecule has 2 aromatic heterocycles. The predicted molar refractivity (Wildman–Crippen MR) is 90.4 cm³/mol. The van der Waals surface area contributed by atoms with Gasteiger partial charge in [-0.15, -0.1) is 0 Å². The van der Waals surface area contributed by atoms with Gasteiger partial charge in [0.1, 0.15) is 17.3 Å². The topological polar surface area (TPSA) is 92.9 Å². The van der Waals surface area contributed by atoms with Crippen molar-refractivity contribution in [1.29, 1.82) is 0 Å². The van der Waals surface area contributed by atoms with Crippen molar-refractivity contribution >= 4 is 23.2 Å². The molecule has 0 aliphatic rings. The molecule has 7 nitrogen and oxygen atoms in total. The first-order valence-corrected chi connectivity index (χ1v) is 7.42. The van der Waals surface area contributed by atoms with Crippen molar-refractivity contribution < 1.29 is 9.32 Å². The van der Waals surface area contributed by atoms with E-state index in [1.165, 1.54) is 12.4 Å². The number of aromatic nitrogens is 3. The third kappa shape index (κ3) is 3.57. The lowest BCUT2D eigenvalue weighted by molar-refractivity contribution is 0.102. The normalized spacial score (nSPS) is 10.5. The van der Waals surface area contributed by atoms with Crippen molar-refractivity contribution in [2.24, 2.45) is 0 Å². The Balaban J connectivity index is 1.71. The molecule has 3 rings (SSSR count). The fourth-order valence-electron chi connectivity index (χ4n) is 2.12. The molecule has 0 fully saturated rings. The number of carbonyl (C=O) groups is 1. The number of carbonyl (C=O) groups excluding carboxylic acids is 1. The van der Waals surface area contributed by atoms with Crippen LogP contribution in [0, 0.1) is 20.8 Å². The number of anilines is 3. The Bertz CT molecular complexity index is 871. The van der Waals surface area contributed by atoms with E-state index in [4.69, 9.17) is 4.52 Å². The molecule has 2 heterocycles. The van der Waals surface area contributed by atoms with E-state index in [0.29, 0.717) is 17.4 Å². The van der Waals surface area contributed by atoms with E-state index < -0.39 is 5.91 Å². The van der Waals surface area contributed by atoms with E-state index in [1.54, 1.807) is 13.0 Å². The third-order valence-electron chi connectivity index (χ3n) is 3.41. The predicted octanol–water partition coefficient (Wildman–Crippen LogP) is 3.39. The number of benzene rings is 1. The second kappa shape index (κ2) is 6.49. The van der Waals surface area contributed by atoms with Crippen LogP contribution in [-0.4, -0.2) is 21.0 Å². The van der Waals surface area contributed by atoms with Crippen LogP contribution in [0.3, 0.4) is 0 Å². The van der Waals surface area contributed by atoms with Gasteiger partial charge in [-0.1, -0.05) is 17.3 Å². The Morgan fingerprint density at radius 3 is 2.54 bits per heavy atom. The van der Waals surface area contributed by atoms with Crippen LogP contribution < -0.4 is 10.6 Å². The average molecular weight is 323 g/mol. The van der Waals surface area contributed by atoms with Gasteiger partial charge >= 0.3 is 0 Å². The van der Waals surface area contributed by atoms with Crippen LogP contribution in [0.25, 0.3) is 0 Å². The molecule has 24 heavy (non-hydrogen) atoms. The van der Waals surface area contributed by atoms with Crippen molar-refractivity contribution in [3.05, 3.63) is 59.2 Å². The van der Waals surface area contributed by atoms with Gasteiger partial charge in [-0.2, -0.15) is 0 Å². The van der Waals surface area contributed by atoms with Crippen LogP contribution in [0.15, 0.2) is 41.2 Å². The zero-order chi connectivity index (χ0) is 17.1. The number of nitrogens with zero attached hydrogens (tertiary/aromatic N) is 3. The maximum atomic E-state index is 12.1. The van der Waals surface area contributed by atoms with Crippen molar-refractivity contribution in [3.8, 4) is 0 Å². The molecule has 1 amide bonds. The van der Waals surface area contributed by atoms with Crippen molar-refractivity contribution in [2.45, 2.75) is 20.8 Å². The standard InChI is InChI=1S/C17H17N5O2/c1-10-4-5-11(2)13(6-10)20-16-9-18-14(8-19-16)17(23)21-15-7-12(3)24-22-15/h4-9H,1-3H3,(H,19,20)(H,21,22,23). The SMILES string of the molecule is Cc1ccc(C)c(Nc2cnc(C(=O)Nc3cc(C)on3)cn2)c1. The summed E-state index contributed by atoms with van der Waals surface area (Å²) >= 11 is 0. The summed E-state index contributed by atoms with van der Waals surface area (Å²) in [5.74, 6) is 1.13. The smallest absolute Gasteiger partial charge is 0.277 e. The molecule has 0 spiro atoms. The molecule has 0 radical (unpaired) electrons. The molecular weight excluding hydrogens is 306 g/mol. The third-order valence-corrected chi connectivity index (χ3v) is 3.41. The van der Waals surface area contributed by atoms with Crippen LogP contribution in [0.4, 0.5) is 17.3 Å². The number of rotatable bonds is 4. The van der Waals surface area contributed by atoms with E-state index in [2.05, 4.69) is 25.8 Å². The zero-order valence-electron chi connectivity index (χ0n) is 13.6. The molecule has 0 saturated carbocycles. The quantitative estimate of drug-likeness (QED) is 0.764. The molecule has 0 aliphatic carbocycles. The molecule has 2 N–H and O–H groups in total. The van der Waals surface area contributed by atoms with Crippen molar-refractivity contribution in [3.63, 3.8) is 0 Å². The minimum atomic E-state index is -0.394. The first-order chi connectivity index (χ1) is 11.5. The monoisotopic (exact) mass is 323 g/mol. The highest BCUT2D eigenvalue weighted by Crippen LogP contribution is 2.20. The number of hydrogen-bond acceptors (Lipinski definition) is 6. The molecule has 0 aliphatic heterocycles. The Hall–Kier alpha value is -3.22. The first-order valence-electron chi connectivity index (χ1n) is 7.42. The average Bonchev–Trinajstić information content (AvgIpc) is 2.96. The number of nitrogens with one attached hydrogen (secondary N) is 2. The summed E-state index contributed by atoms with van der Waals surface area (Å²) in [5.41, 5.74) is 3.40. The zero-order valence-corrected chi connectivity index (χ0v) is 13.6. The Morgan fingerprint density at radius 2 is 1.88 bits per heavy atom. The molecule has 0 bridgehead atoms. The first kappa shape index (κ1) is 15.7. The van der Waals surface area contributed by atoms with Crippen LogP contribution >= 0.6 is 0 Å². The van der Waals surface area contributed by atoms with E-state index in [1.807, 2.05) is 32.0 Å². The van der Waals surface area contributed by atoms with Gasteiger partial charge in [-0.3, -0.25) is 4.79 Å². The van der Waals surface area contributed by atoms with Crippen LogP contribution in [-0.2, 0) is 0 Å². The summed E-state index contributed by atoms with van der Waals surface area (Å²) in [6.07, 6.45) is 2.93. The van der Waals surface area contributed by atoms with E-state index in [0.717, 1.165) is 16.8 Å². The van der Waals surface area contributed by atoms with Crippen LogP contribution in [0.1, 0.15) is 27.4 Å². The van der Waals surface area contributed by atoms with Gasteiger partial charge in [-0.25, -0.2) is 9.97 Å². The summed E-state index contributed by atoms with van der Waals surface area (Å²) < 4.78 is 4.90. The molecule has 0 unspecified atom stereocenters. The van der Waals surface area contributed by atoms with Gasteiger partial charge in [0.2, 0.25) is 0 Å². The summed E-state index contributed by atoms with van der Waals surface area (Å²) in [5, 5.41) is 9.50. The minimum Gasteiger partial charge on any atom is -0.360 e. The lowest BCUT2D eigenvalue weighted by atomic mass is 10.1. The molecule has 0 saturated heterocycles. The van der Waals surface area contributed by atoms with Crippen LogP contribution in [0.5, 0.6) is 0 Å². The molecular formula is C17H17N5O2. The van der Waals surface area contributed by atoms with Gasteiger partial charge in [0.15, 0.2) is 5.82 Å². The van der Waals surface area contributed by atoms with E-state index >= 15 is 0 Å². The van der Waals surface area contributed by atoms with E-state index in [-0.39, 0.29) is 5.69 Å². The van der Waals surface area contributed by atoms with Gasteiger partial charge in [0.25, 0.3) is 5.91 Å². The lowest BCUT2D eigenvalue weighted by Gasteiger charge is -2.09. The van der Waals surface area contributed by atoms with Gasteiger partial charge in [0.05, 0.1) is 12.4 Å². The molecule has 7 heteroatoms. The molecule has 3 aromatic rings. The summed E-state index contributed by atoms with van der Waals surface area (Å²) in [4.78, 5) is 20.4. The fraction of sp³-hybridized carbons (Fsp3) is 0.176. The molecule has 122 valence electrons. The summed E-state index contributed by atoms with van der Waals surface area (Å²) in [6, 6.07) is 7.74. The maximum Gasteiger partial charge on any atom is 0.277 e. The van der Waals surface area contributed by atoms with Gasteiger partial charge in [0, 0.05) is 11.8 Å². The Morgan fingerprint density at radius 1 is 1.04 bits per heavy atom. The molecule has 0 atom stereocenters. The minimum absolute atomic E-state index is 0.196. The largest absolute Gasteiger partial charge is 0.360 e. The lowest BCUT2D eigenvalue weighted by Crippen LogP contribution is -2.14. The van der Waals surface area contributed by atoms with Gasteiger partial charge in [-0.05, 0) is 38.0 Å². The summed E-state index contributed by atoms with van der Waals surface area (Å²) in [7, 11) is 0. The number of hydrogen-bond donors (Lipinski definition) is 2. The van der Waals surface area contributed by atoms with Crippen LogP contribution in [0.2, 0.25) is 0 Å². The van der Waals surface area contributed by atoms with Crippen molar-refractivity contribution in [1.82, 2.24) is 15.1 Å². The number of amides is 1. The highest BCUT2D eigenvalue weighted by atomic mass is 16.5. The van der Waals surface area contributed by atoms with Gasteiger partial charge < -0.3 is 15.2 Å². The second-order valence-corrected chi connectivity index (χ2v) is 5.51. The van der Waals surface area contributed by atoms with E-state index in [9.17, 15) is 4.79 Å². The highest BCUT2D eigenvalue weighted by molar-refractivity contribution is 6.02.